The molecule has 0 radical (unpaired) electrons. The fourth-order valence-electron chi connectivity index (χ4n) is 1.58. The van der Waals surface area contributed by atoms with E-state index in [9.17, 15) is 0 Å². The van der Waals surface area contributed by atoms with Crippen molar-refractivity contribution in [3.8, 4) is 0 Å². The number of nitrogens with two attached hydrogens (primary N) is 1. The molecule has 4 heteroatoms. The van der Waals surface area contributed by atoms with E-state index in [1.165, 1.54) is 0 Å². The average Bonchev–Trinajstić information content (AvgIpc) is 2.53. The van der Waals surface area contributed by atoms with Crippen molar-refractivity contribution in [1.29, 1.82) is 0 Å². The second kappa shape index (κ2) is 3.42. The fraction of sp³-hybridized carbons (Fsp3) is 0.444. The molecule has 13 heavy (non-hydrogen) atoms. The van der Waals surface area contributed by atoms with Gasteiger partial charge in [0.2, 0.25) is 0 Å². The summed E-state index contributed by atoms with van der Waals surface area (Å²) in [7, 11) is 0. The molecule has 2 rings (SSSR count). The fourth-order valence-corrected chi connectivity index (χ4v) is 1.88. The van der Waals surface area contributed by atoms with Gasteiger partial charge >= 0.3 is 0 Å². The summed E-state index contributed by atoms with van der Waals surface area (Å²) >= 11 is 6.05. The highest BCUT2D eigenvalue weighted by Crippen LogP contribution is 2.30. The number of hydrogen-bond acceptors (Lipinski definition) is 3. The van der Waals surface area contributed by atoms with Gasteiger partial charge in [0.05, 0.1) is 6.04 Å². The minimum atomic E-state index is 0.0914. The lowest BCUT2D eigenvalue weighted by atomic mass is 9.93. The second-order valence-electron chi connectivity index (χ2n) is 3.17. The number of ether oxygens (including phenoxy) is 1. The molecule has 0 saturated heterocycles. The normalized spacial score (nSPS) is 32.4. The first-order valence-electron chi connectivity index (χ1n) is 4.25. The Morgan fingerprint density at radius 3 is 3.08 bits per heavy atom. The van der Waals surface area contributed by atoms with Crippen LogP contribution in [0.3, 0.4) is 0 Å². The van der Waals surface area contributed by atoms with Crippen molar-refractivity contribution >= 4 is 17.6 Å². The third kappa shape index (κ3) is 1.70. The van der Waals surface area contributed by atoms with E-state index in [0.29, 0.717) is 6.61 Å². The number of amidine groups is 1. The van der Waals surface area contributed by atoms with Crippen LogP contribution in [0, 0.1) is 5.92 Å². The van der Waals surface area contributed by atoms with Crippen LogP contribution in [0.2, 0.25) is 0 Å². The zero-order valence-electron chi connectivity index (χ0n) is 7.11. The molecule has 2 atom stereocenters. The molecule has 0 aromatic heterocycles. The molecule has 0 saturated carbocycles. The van der Waals surface area contributed by atoms with Gasteiger partial charge in [0.25, 0.3) is 6.02 Å². The van der Waals surface area contributed by atoms with Crippen molar-refractivity contribution in [3.05, 3.63) is 23.3 Å². The molecule has 3 nitrogen and oxygen atoms in total. The Bertz CT molecular complexity index is 296. The monoisotopic (exact) mass is 198 g/mol. The van der Waals surface area contributed by atoms with Gasteiger partial charge in [-0.3, -0.25) is 0 Å². The van der Waals surface area contributed by atoms with E-state index in [0.717, 1.165) is 11.5 Å². The highest BCUT2D eigenvalue weighted by atomic mass is 35.5. The predicted octanol–water partition coefficient (Wildman–Crippen LogP) is 1.40. The second-order valence-corrected chi connectivity index (χ2v) is 3.60. The summed E-state index contributed by atoms with van der Waals surface area (Å²) in [5.41, 5.74) is 5.42. The van der Waals surface area contributed by atoms with Crippen LogP contribution in [0.25, 0.3) is 0 Å². The smallest absolute Gasteiger partial charge is 0.282 e. The van der Waals surface area contributed by atoms with Crippen LogP contribution >= 0.6 is 11.6 Å². The van der Waals surface area contributed by atoms with E-state index in [4.69, 9.17) is 22.1 Å². The number of halogens is 1. The minimum absolute atomic E-state index is 0.0914. The van der Waals surface area contributed by atoms with E-state index in [2.05, 4.69) is 11.1 Å². The molecule has 1 aliphatic heterocycles. The van der Waals surface area contributed by atoms with Crippen LogP contribution in [-0.4, -0.2) is 18.7 Å². The predicted molar refractivity (Wildman–Crippen MR) is 52.5 cm³/mol. The molecule has 0 bridgehead atoms. The molecule has 70 valence electrons. The first-order valence-corrected chi connectivity index (χ1v) is 4.63. The first-order chi connectivity index (χ1) is 6.27. The number of rotatable bonds is 1. The molecular formula is C9H11ClN2O. The Hall–Kier alpha value is -0.960. The highest BCUT2D eigenvalue weighted by molar-refractivity contribution is 6.30. The van der Waals surface area contributed by atoms with Gasteiger partial charge in [0, 0.05) is 11.0 Å². The zero-order chi connectivity index (χ0) is 9.26. The van der Waals surface area contributed by atoms with Crippen molar-refractivity contribution < 1.29 is 4.74 Å². The Morgan fingerprint density at radius 2 is 2.46 bits per heavy atom. The van der Waals surface area contributed by atoms with Crippen LogP contribution in [0.4, 0.5) is 0 Å². The molecule has 0 fully saturated rings. The van der Waals surface area contributed by atoms with Crippen molar-refractivity contribution in [2.24, 2.45) is 16.6 Å². The zero-order valence-corrected chi connectivity index (χ0v) is 7.87. The summed E-state index contributed by atoms with van der Waals surface area (Å²) in [5, 5.41) is 0.842. The van der Waals surface area contributed by atoms with Gasteiger partial charge in [-0.05, 0) is 12.5 Å². The number of nitrogens with zero attached hydrogens (tertiary/aromatic N) is 1. The third-order valence-corrected chi connectivity index (χ3v) is 2.70. The van der Waals surface area contributed by atoms with Crippen LogP contribution in [0.1, 0.15) is 6.42 Å². The third-order valence-electron chi connectivity index (χ3n) is 2.30. The Morgan fingerprint density at radius 1 is 1.62 bits per heavy atom. The summed E-state index contributed by atoms with van der Waals surface area (Å²) in [6.07, 6.45) is 6.86. The SMILES string of the molecule is NC1=N[C@@H](C2CC=CC=C2Cl)CO1. The first kappa shape index (κ1) is 8.63. The highest BCUT2D eigenvalue weighted by Gasteiger charge is 2.28. The lowest BCUT2D eigenvalue weighted by Crippen LogP contribution is -2.21. The maximum atomic E-state index is 6.05. The summed E-state index contributed by atoms with van der Waals surface area (Å²) in [6, 6.07) is 0.373. The van der Waals surface area contributed by atoms with E-state index < -0.39 is 0 Å². The van der Waals surface area contributed by atoms with Crippen LogP contribution in [0.5, 0.6) is 0 Å². The lowest BCUT2D eigenvalue weighted by molar-refractivity contribution is 0.289. The molecular weight excluding hydrogens is 188 g/mol. The largest absolute Gasteiger partial charge is 0.463 e. The topological polar surface area (TPSA) is 47.6 Å². The molecule has 1 unspecified atom stereocenters. The van der Waals surface area contributed by atoms with Gasteiger partial charge in [-0.1, -0.05) is 23.8 Å². The van der Waals surface area contributed by atoms with E-state index in [1.807, 2.05) is 12.2 Å². The summed E-state index contributed by atoms with van der Waals surface area (Å²) < 4.78 is 5.08. The van der Waals surface area contributed by atoms with Gasteiger partial charge in [-0.25, -0.2) is 4.99 Å². The van der Waals surface area contributed by atoms with Crippen molar-refractivity contribution in [2.45, 2.75) is 12.5 Å². The Balaban J connectivity index is 2.10. The van der Waals surface area contributed by atoms with Crippen LogP contribution in [-0.2, 0) is 4.74 Å². The summed E-state index contributed by atoms with van der Waals surface area (Å²) in [5.74, 6) is 0.243. The van der Waals surface area contributed by atoms with Gasteiger partial charge in [-0.2, -0.15) is 0 Å². The lowest BCUT2D eigenvalue weighted by Gasteiger charge is -2.19. The number of allylic oxidation sites excluding steroid dienone is 3. The van der Waals surface area contributed by atoms with Gasteiger partial charge < -0.3 is 10.5 Å². The number of hydrogen-bond donors (Lipinski definition) is 1. The molecule has 2 aliphatic rings. The number of aliphatic imine (C=N–C) groups is 1. The van der Waals surface area contributed by atoms with Crippen LogP contribution in [0.15, 0.2) is 28.3 Å². The van der Waals surface area contributed by atoms with Gasteiger partial charge in [0.15, 0.2) is 0 Å². The molecule has 2 N–H and O–H groups in total. The van der Waals surface area contributed by atoms with Gasteiger partial charge in [-0.15, -0.1) is 0 Å². The van der Waals surface area contributed by atoms with Crippen molar-refractivity contribution in [1.82, 2.24) is 0 Å². The molecule has 1 heterocycles. The quantitative estimate of drug-likeness (QED) is 0.693. The average molecular weight is 199 g/mol. The molecule has 0 spiro atoms. The molecule has 0 aromatic rings. The Labute approximate surface area is 81.9 Å². The Kier molecular flexibility index (Phi) is 2.27. The van der Waals surface area contributed by atoms with E-state index in [1.54, 1.807) is 0 Å². The van der Waals surface area contributed by atoms with Crippen molar-refractivity contribution in [2.75, 3.05) is 6.61 Å². The van der Waals surface area contributed by atoms with E-state index in [-0.39, 0.29) is 18.0 Å². The van der Waals surface area contributed by atoms with Crippen LogP contribution < -0.4 is 5.73 Å². The molecule has 0 amide bonds. The standard InChI is InChI=1S/C9H11ClN2O/c10-7-4-2-1-3-6(7)8-5-13-9(11)12-8/h1-2,4,6,8H,3,5H2,(H2,11,12)/t6?,8-/m1/s1. The molecule has 1 aliphatic carbocycles. The summed E-state index contributed by atoms with van der Waals surface area (Å²) in [4.78, 5) is 4.18. The summed E-state index contributed by atoms with van der Waals surface area (Å²) in [6.45, 7) is 0.550. The van der Waals surface area contributed by atoms with Gasteiger partial charge in [0.1, 0.15) is 6.61 Å². The van der Waals surface area contributed by atoms with E-state index >= 15 is 0 Å². The maximum Gasteiger partial charge on any atom is 0.282 e. The molecule has 0 aromatic carbocycles. The maximum absolute atomic E-state index is 6.05. The van der Waals surface area contributed by atoms with Crippen molar-refractivity contribution in [3.63, 3.8) is 0 Å². The minimum Gasteiger partial charge on any atom is -0.463 e.